The molecular formula is C14H14N4OS. The Balaban J connectivity index is 1.93. The number of nitrogens with one attached hydrogen (secondary N) is 2. The molecule has 5 nitrogen and oxygen atoms in total. The Hall–Kier alpha value is -2.26. The largest absolute Gasteiger partial charge is 0.352 e. The standard InChI is InChI=1S/C14H14N4OS/c15-6-10-20-12-4-2-1-3-11(12)14(19)18-7-5-13-16-8-9-17-13/h1-4,8-9H,5,7,10H2,(H,16,17)(H,18,19). The Morgan fingerprint density at radius 1 is 1.45 bits per heavy atom. The van der Waals surface area contributed by atoms with Crippen molar-refractivity contribution in [2.24, 2.45) is 0 Å². The van der Waals surface area contributed by atoms with Crippen molar-refractivity contribution in [3.63, 3.8) is 0 Å². The maximum absolute atomic E-state index is 12.1. The van der Waals surface area contributed by atoms with Gasteiger partial charge in [0.05, 0.1) is 17.4 Å². The molecule has 0 spiro atoms. The summed E-state index contributed by atoms with van der Waals surface area (Å²) in [5.41, 5.74) is 0.604. The molecule has 0 saturated carbocycles. The summed E-state index contributed by atoms with van der Waals surface area (Å²) in [7, 11) is 0. The third-order valence-electron chi connectivity index (χ3n) is 2.63. The summed E-state index contributed by atoms with van der Waals surface area (Å²) < 4.78 is 0. The average Bonchev–Trinajstić information content (AvgIpc) is 2.98. The third kappa shape index (κ3) is 3.87. The molecule has 1 aromatic carbocycles. The van der Waals surface area contributed by atoms with Crippen LogP contribution in [0.1, 0.15) is 16.2 Å². The predicted molar refractivity (Wildman–Crippen MR) is 77.4 cm³/mol. The number of thioether (sulfide) groups is 1. The summed E-state index contributed by atoms with van der Waals surface area (Å²) in [6, 6.07) is 9.36. The van der Waals surface area contributed by atoms with Gasteiger partial charge in [0.15, 0.2) is 0 Å². The highest BCUT2D eigenvalue weighted by molar-refractivity contribution is 7.99. The van der Waals surface area contributed by atoms with Crippen LogP contribution in [-0.2, 0) is 6.42 Å². The van der Waals surface area contributed by atoms with Crippen molar-refractivity contribution in [3.05, 3.63) is 48.0 Å². The molecule has 1 aromatic heterocycles. The molecule has 20 heavy (non-hydrogen) atoms. The lowest BCUT2D eigenvalue weighted by atomic mass is 10.2. The SMILES string of the molecule is N#CCSc1ccccc1C(=O)NCCc1ncc[nH]1. The summed E-state index contributed by atoms with van der Waals surface area (Å²) in [6.07, 6.45) is 4.10. The second-order valence-corrected chi connectivity index (χ2v) is 5.00. The Kier molecular flexibility index (Phi) is 5.21. The quantitative estimate of drug-likeness (QED) is 0.796. The van der Waals surface area contributed by atoms with Crippen molar-refractivity contribution < 1.29 is 4.79 Å². The average molecular weight is 286 g/mol. The minimum absolute atomic E-state index is 0.127. The number of amides is 1. The van der Waals surface area contributed by atoms with E-state index in [1.165, 1.54) is 11.8 Å². The van der Waals surface area contributed by atoms with E-state index in [0.717, 1.165) is 10.7 Å². The van der Waals surface area contributed by atoms with E-state index in [0.29, 0.717) is 24.3 Å². The number of carbonyl (C=O) groups excluding carboxylic acids is 1. The van der Waals surface area contributed by atoms with Crippen LogP contribution < -0.4 is 5.32 Å². The zero-order chi connectivity index (χ0) is 14.2. The number of aromatic amines is 1. The van der Waals surface area contributed by atoms with Crippen LogP contribution in [-0.4, -0.2) is 28.2 Å². The number of rotatable bonds is 6. The normalized spacial score (nSPS) is 9.95. The molecule has 0 atom stereocenters. The molecular weight excluding hydrogens is 272 g/mol. The highest BCUT2D eigenvalue weighted by atomic mass is 32.2. The van der Waals surface area contributed by atoms with Crippen LogP contribution >= 0.6 is 11.8 Å². The minimum atomic E-state index is -0.127. The summed E-state index contributed by atoms with van der Waals surface area (Å²) in [5.74, 6) is 1.05. The third-order valence-corrected chi connectivity index (χ3v) is 3.57. The Morgan fingerprint density at radius 3 is 3.05 bits per heavy atom. The molecule has 0 aliphatic carbocycles. The molecule has 2 aromatic rings. The van der Waals surface area contributed by atoms with Gasteiger partial charge < -0.3 is 10.3 Å². The van der Waals surface area contributed by atoms with Crippen LogP contribution in [0, 0.1) is 11.3 Å². The molecule has 102 valence electrons. The van der Waals surface area contributed by atoms with E-state index in [9.17, 15) is 4.79 Å². The maximum Gasteiger partial charge on any atom is 0.252 e. The van der Waals surface area contributed by atoms with Crippen LogP contribution in [0.15, 0.2) is 41.6 Å². The first-order valence-electron chi connectivity index (χ1n) is 6.16. The predicted octanol–water partition coefficient (Wildman–Crippen LogP) is 2.00. The van der Waals surface area contributed by atoms with Crippen molar-refractivity contribution >= 4 is 17.7 Å². The van der Waals surface area contributed by atoms with Gasteiger partial charge in [-0.1, -0.05) is 12.1 Å². The van der Waals surface area contributed by atoms with Crippen LogP contribution in [0.25, 0.3) is 0 Å². The summed E-state index contributed by atoms with van der Waals surface area (Å²) in [5, 5.41) is 11.5. The van der Waals surface area contributed by atoms with Gasteiger partial charge in [0, 0.05) is 30.3 Å². The van der Waals surface area contributed by atoms with Gasteiger partial charge in [-0.05, 0) is 12.1 Å². The van der Waals surface area contributed by atoms with Crippen molar-refractivity contribution in [2.45, 2.75) is 11.3 Å². The molecule has 0 fully saturated rings. The van der Waals surface area contributed by atoms with Crippen molar-refractivity contribution in [3.8, 4) is 6.07 Å². The van der Waals surface area contributed by atoms with Gasteiger partial charge in [-0.15, -0.1) is 11.8 Å². The first-order chi connectivity index (χ1) is 9.81. The van der Waals surface area contributed by atoms with E-state index in [2.05, 4.69) is 21.4 Å². The fourth-order valence-corrected chi connectivity index (χ4v) is 2.43. The molecule has 0 aliphatic heterocycles. The lowest BCUT2D eigenvalue weighted by Gasteiger charge is -2.08. The van der Waals surface area contributed by atoms with E-state index in [-0.39, 0.29) is 5.91 Å². The molecule has 2 rings (SSSR count). The number of hydrogen-bond acceptors (Lipinski definition) is 4. The number of H-pyrrole nitrogens is 1. The van der Waals surface area contributed by atoms with Gasteiger partial charge in [0.1, 0.15) is 5.82 Å². The molecule has 2 N–H and O–H groups in total. The Bertz CT molecular complexity index is 604. The second-order valence-electron chi connectivity index (χ2n) is 3.98. The van der Waals surface area contributed by atoms with Crippen LogP contribution in [0.2, 0.25) is 0 Å². The van der Waals surface area contributed by atoms with Gasteiger partial charge in [0.2, 0.25) is 0 Å². The number of nitrogens with zero attached hydrogens (tertiary/aromatic N) is 2. The Morgan fingerprint density at radius 2 is 2.30 bits per heavy atom. The lowest BCUT2D eigenvalue weighted by molar-refractivity contribution is 0.0951. The van der Waals surface area contributed by atoms with Crippen molar-refractivity contribution in [1.82, 2.24) is 15.3 Å². The van der Waals surface area contributed by atoms with Gasteiger partial charge >= 0.3 is 0 Å². The van der Waals surface area contributed by atoms with Gasteiger partial charge in [0.25, 0.3) is 5.91 Å². The van der Waals surface area contributed by atoms with E-state index in [1.807, 2.05) is 18.2 Å². The van der Waals surface area contributed by atoms with Gasteiger partial charge in [-0.2, -0.15) is 5.26 Å². The first-order valence-corrected chi connectivity index (χ1v) is 7.15. The zero-order valence-electron chi connectivity index (χ0n) is 10.8. The number of nitriles is 1. The highest BCUT2D eigenvalue weighted by Crippen LogP contribution is 2.21. The maximum atomic E-state index is 12.1. The van der Waals surface area contributed by atoms with Crippen molar-refractivity contribution in [2.75, 3.05) is 12.3 Å². The topological polar surface area (TPSA) is 81.6 Å². The molecule has 1 amide bonds. The highest BCUT2D eigenvalue weighted by Gasteiger charge is 2.10. The number of aromatic nitrogens is 2. The van der Waals surface area contributed by atoms with Crippen LogP contribution in [0.4, 0.5) is 0 Å². The summed E-state index contributed by atoms with van der Waals surface area (Å²) >= 11 is 1.37. The lowest BCUT2D eigenvalue weighted by Crippen LogP contribution is -2.26. The molecule has 0 aliphatic rings. The Labute approximate surface area is 121 Å². The fraction of sp³-hybridized carbons (Fsp3) is 0.214. The summed E-state index contributed by atoms with van der Waals surface area (Å²) in [4.78, 5) is 20.0. The molecule has 1 heterocycles. The van der Waals surface area contributed by atoms with E-state index in [4.69, 9.17) is 5.26 Å². The van der Waals surface area contributed by atoms with Gasteiger partial charge in [-0.25, -0.2) is 4.98 Å². The molecule has 0 saturated heterocycles. The number of carbonyl (C=O) groups is 1. The first kappa shape index (κ1) is 14.2. The number of imidazole rings is 1. The minimum Gasteiger partial charge on any atom is -0.352 e. The van der Waals surface area contributed by atoms with E-state index >= 15 is 0 Å². The summed E-state index contributed by atoms with van der Waals surface area (Å²) in [6.45, 7) is 0.517. The molecule has 0 unspecified atom stereocenters. The monoisotopic (exact) mass is 286 g/mol. The molecule has 0 radical (unpaired) electrons. The zero-order valence-corrected chi connectivity index (χ0v) is 11.6. The number of benzene rings is 1. The smallest absolute Gasteiger partial charge is 0.252 e. The van der Waals surface area contributed by atoms with E-state index in [1.54, 1.807) is 18.5 Å². The van der Waals surface area contributed by atoms with Crippen LogP contribution in [0.3, 0.4) is 0 Å². The van der Waals surface area contributed by atoms with Crippen molar-refractivity contribution in [1.29, 1.82) is 5.26 Å². The van der Waals surface area contributed by atoms with Gasteiger partial charge in [-0.3, -0.25) is 4.79 Å². The fourth-order valence-electron chi connectivity index (χ4n) is 1.71. The van der Waals surface area contributed by atoms with Crippen LogP contribution in [0.5, 0.6) is 0 Å². The second kappa shape index (κ2) is 7.36. The number of hydrogen-bond donors (Lipinski definition) is 2. The molecule has 0 bridgehead atoms. The molecule has 6 heteroatoms. The van der Waals surface area contributed by atoms with E-state index < -0.39 is 0 Å².